The second-order valence-corrected chi connectivity index (χ2v) is 5.16. The Labute approximate surface area is 111 Å². The fraction of sp³-hybridized carbons (Fsp3) is 0.600. The second-order valence-electron chi connectivity index (χ2n) is 5.16. The van der Waals surface area contributed by atoms with Crippen LogP contribution in [0.15, 0.2) is 24.3 Å². The van der Waals surface area contributed by atoms with Gasteiger partial charge in [-0.2, -0.15) is 0 Å². The molecule has 0 aliphatic rings. The van der Waals surface area contributed by atoms with E-state index in [2.05, 4.69) is 38.0 Å². The smallest absolute Gasteiger partial charge is 0.120 e. The van der Waals surface area contributed by atoms with Crippen molar-refractivity contribution in [3.05, 3.63) is 29.8 Å². The van der Waals surface area contributed by atoms with Crippen molar-refractivity contribution in [1.82, 2.24) is 10.2 Å². The lowest BCUT2D eigenvalue weighted by molar-refractivity contribution is 0.268. The van der Waals surface area contributed by atoms with E-state index in [0.29, 0.717) is 11.8 Å². The molecule has 0 saturated heterocycles. The molecule has 2 N–H and O–H groups in total. The van der Waals surface area contributed by atoms with Crippen molar-refractivity contribution in [2.24, 2.45) is 0 Å². The number of hydrogen-bond donors (Lipinski definition) is 2. The molecule has 0 aliphatic heterocycles. The van der Waals surface area contributed by atoms with Gasteiger partial charge in [-0.15, -0.1) is 0 Å². The normalized spacial score (nSPS) is 13.2. The van der Waals surface area contributed by atoms with Crippen molar-refractivity contribution in [2.75, 3.05) is 20.1 Å². The van der Waals surface area contributed by atoms with E-state index in [4.69, 9.17) is 0 Å². The molecule has 0 aliphatic carbocycles. The lowest BCUT2D eigenvalue weighted by atomic mass is 10.1. The molecule has 0 heterocycles. The van der Waals surface area contributed by atoms with Crippen LogP contribution in [0.25, 0.3) is 0 Å². The topological polar surface area (TPSA) is 35.5 Å². The predicted molar refractivity (Wildman–Crippen MR) is 76.9 cm³/mol. The van der Waals surface area contributed by atoms with Gasteiger partial charge in [0.2, 0.25) is 0 Å². The monoisotopic (exact) mass is 250 g/mol. The highest BCUT2D eigenvalue weighted by molar-refractivity contribution is 5.33. The van der Waals surface area contributed by atoms with Gasteiger partial charge >= 0.3 is 0 Å². The van der Waals surface area contributed by atoms with Crippen molar-refractivity contribution >= 4 is 0 Å². The van der Waals surface area contributed by atoms with Crippen LogP contribution in [0.2, 0.25) is 0 Å². The third-order valence-electron chi connectivity index (χ3n) is 3.42. The molecule has 0 fully saturated rings. The molecule has 102 valence electrons. The van der Waals surface area contributed by atoms with Crippen LogP contribution < -0.4 is 5.32 Å². The van der Waals surface area contributed by atoms with E-state index in [1.54, 1.807) is 6.07 Å². The van der Waals surface area contributed by atoms with Crippen molar-refractivity contribution in [3.63, 3.8) is 0 Å². The van der Waals surface area contributed by atoms with Crippen LogP contribution in [0.4, 0.5) is 0 Å². The zero-order chi connectivity index (χ0) is 13.5. The summed E-state index contributed by atoms with van der Waals surface area (Å²) in [6.07, 6.45) is 1.12. The molecule has 1 atom stereocenters. The number of aromatic hydroxyl groups is 1. The minimum absolute atomic E-state index is 0.190. The van der Waals surface area contributed by atoms with Gasteiger partial charge in [-0.25, -0.2) is 0 Å². The number of para-hydroxylation sites is 1. The van der Waals surface area contributed by atoms with E-state index >= 15 is 0 Å². The van der Waals surface area contributed by atoms with E-state index in [0.717, 1.165) is 25.1 Å². The quantitative estimate of drug-likeness (QED) is 0.730. The standard InChI is InChI=1S/C15H26N2O/c1-12(2)17(4)11-7-10-16-13(3)14-8-5-6-9-15(14)18/h5-6,8-9,12-13,16,18H,7,10-11H2,1-4H3. The Kier molecular flexibility index (Phi) is 6.16. The van der Waals surface area contributed by atoms with Gasteiger partial charge in [-0.3, -0.25) is 0 Å². The first-order chi connectivity index (χ1) is 8.52. The Morgan fingerprint density at radius 2 is 1.89 bits per heavy atom. The summed E-state index contributed by atoms with van der Waals surface area (Å²) in [4.78, 5) is 2.34. The van der Waals surface area contributed by atoms with Crippen LogP contribution in [0, 0.1) is 0 Å². The number of phenols is 1. The Hall–Kier alpha value is -1.06. The largest absolute Gasteiger partial charge is 0.508 e. The highest BCUT2D eigenvalue weighted by Gasteiger charge is 2.08. The number of rotatable bonds is 7. The average Bonchev–Trinajstić information content (AvgIpc) is 2.34. The van der Waals surface area contributed by atoms with Crippen LogP contribution in [-0.2, 0) is 0 Å². The lowest BCUT2D eigenvalue weighted by Gasteiger charge is -2.21. The molecule has 0 amide bonds. The first-order valence-electron chi connectivity index (χ1n) is 6.74. The molecular formula is C15H26N2O. The molecule has 0 saturated carbocycles. The summed E-state index contributed by atoms with van der Waals surface area (Å²) >= 11 is 0. The van der Waals surface area contributed by atoms with Crippen molar-refractivity contribution in [2.45, 2.75) is 39.3 Å². The number of benzene rings is 1. The lowest BCUT2D eigenvalue weighted by Crippen LogP contribution is -2.30. The summed E-state index contributed by atoms with van der Waals surface area (Å²) in [5.74, 6) is 0.372. The Bertz CT molecular complexity index is 352. The third-order valence-corrected chi connectivity index (χ3v) is 3.42. The van der Waals surface area contributed by atoms with Crippen LogP contribution >= 0.6 is 0 Å². The molecule has 0 spiro atoms. The average molecular weight is 250 g/mol. The predicted octanol–water partition coefficient (Wildman–Crippen LogP) is 2.77. The van der Waals surface area contributed by atoms with Gasteiger partial charge in [0.05, 0.1) is 0 Å². The molecule has 3 nitrogen and oxygen atoms in total. The van der Waals surface area contributed by atoms with Crippen molar-refractivity contribution < 1.29 is 5.11 Å². The summed E-state index contributed by atoms with van der Waals surface area (Å²) in [5, 5.41) is 13.2. The summed E-state index contributed by atoms with van der Waals surface area (Å²) in [6.45, 7) is 8.56. The van der Waals surface area contributed by atoms with Gasteiger partial charge in [0.1, 0.15) is 5.75 Å². The molecule has 1 aromatic rings. The Balaban J connectivity index is 2.30. The minimum Gasteiger partial charge on any atom is -0.508 e. The second kappa shape index (κ2) is 7.39. The fourth-order valence-corrected chi connectivity index (χ4v) is 1.87. The summed E-state index contributed by atoms with van der Waals surface area (Å²) in [7, 11) is 2.15. The maximum absolute atomic E-state index is 9.75. The molecule has 0 bridgehead atoms. The number of hydrogen-bond acceptors (Lipinski definition) is 3. The SMILES string of the molecule is CC(NCCCN(C)C(C)C)c1ccccc1O. The zero-order valence-corrected chi connectivity index (χ0v) is 12.0. The molecule has 18 heavy (non-hydrogen) atoms. The van der Waals surface area contributed by atoms with E-state index in [1.807, 2.05) is 18.2 Å². The highest BCUT2D eigenvalue weighted by atomic mass is 16.3. The minimum atomic E-state index is 0.190. The van der Waals surface area contributed by atoms with Crippen molar-refractivity contribution in [3.8, 4) is 5.75 Å². The summed E-state index contributed by atoms with van der Waals surface area (Å²) in [6, 6.07) is 8.30. The Morgan fingerprint density at radius 3 is 2.50 bits per heavy atom. The van der Waals surface area contributed by atoms with Crippen LogP contribution in [0.3, 0.4) is 0 Å². The van der Waals surface area contributed by atoms with Gasteiger partial charge in [0, 0.05) is 17.6 Å². The maximum Gasteiger partial charge on any atom is 0.120 e. The fourth-order valence-electron chi connectivity index (χ4n) is 1.87. The summed E-state index contributed by atoms with van der Waals surface area (Å²) in [5.41, 5.74) is 0.967. The molecule has 3 heteroatoms. The zero-order valence-electron chi connectivity index (χ0n) is 12.0. The summed E-state index contributed by atoms with van der Waals surface area (Å²) < 4.78 is 0. The van der Waals surface area contributed by atoms with E-state index < -0.39 is 0 Å². The van der Waals surface area contributed by atoms with Gasteiger partial charge in [0.15, 0.2) is 0 Å². The third kappa shape index (κ3) is 4.67. The van der Waals surface area contributed by atoms with Crippen molar-refractivity contribution in [1.29, 1.82) is 0 Å². The molecule has 1 aromatic carbocycles. The number of nitrogens with one attached hydrogen (secondary N) is 1. The number of nitrogens with zero attached hydrogens (tertiary/aromatic N) is 1. The van der Waals surface area contributed by atoms with Gasteiger partial charge < -0.3 is 15.3 Å². The van der Waals surface area contributed by atoms with E-state index in [-0.39, 0.29) is 6.04 Å². The van der Waals surface area contributed by atoms with Gasteiger partial charge in [-0.05, 0) is 53.4 Å². The van der Waals surface area contributed by atoms with Crippen LogP contribution in [0.1, 0.15) is 38.8 Å². The Morgan fingerprint density at radius 1 is 1.22 bits per heavy atom. The van der Waals surface area contributed by atoms with Crippen LogP contribution in [-0.4, -0.2) is 36.2 Å². The van der Waals surface area contributed by atoms with Crippen LogP contribution in [0.5, 0.6) is 5.75 Å². The highest BCUT2D eigenvalue weighted by Crippen LogP contribution is 2.22. The van der Waals surface area contributed by atoms with E-state index in [1.165, 1.54) is 0 Å². The molecular weight excluding hydrogens is 224 g/mol. The van der Waals surface area contributed by atoms with Gasteiger partial charge in [-0.1, -0.05) is 18.2 Å². The van der Waals surface area contributed by atoms with Gasteiger partial charge in [0.25, 0.3) is 0 Å². The molecule has 0 radical (unpaired) electrons. The van der Waals surface area contributed by atoms with E-state index in [9.17, 15) is 5.11 Å². The molecule has 1 unspecified atom stereocenters. The maximum atomic E-state index is 9.75. The first kappa shape index (κ1) is 15.0. The number of phenolic OH excluding ortho intramolecular Hbond substituents is 1. The molecule has 1 rings (SSSR count). The molecule has 0 aromatic heterocycles. The first-order valence-corrected chi connectivity index (χ1v) is 6.74.